The van der Waals surface area contributed by atoms with Gasteiger partial charge in [-0.25, -0.2) is 0 Å². The molecule has 0 radical (unpaired) electrons. The molecule has 2 aromatic heterocycles. The van der Waals surface area contributed by atoms with E-state index >= 15 is 0 Å². The fraction of sp³-hybridized carbons (Fsp3) is 0.114. The van der Waals surface area contributed by atoms with Gasteiger partial charge < -0.3 is 0 Å². The summed E-state index contributed by atoms with van der Waals surface area (Å²) in [5.41, 5.74) is 1.04. The molecule has 58 heavy (non-hydrogen) atoms. The Hall–Kier alpha value is -6.83. The number of rotatable bonds is 11. The molecule has 1 fully saturated rings. The number of aliphatic hydroxyl groups excluding tert-OH is 1. The molecule has 1 N–H and O–H groups in total. The van der Waals surface area contributed by atoms with E-state index in [1.807, 2.05) is 30.3 Å². The van der Waals surface area contributed by atoms with Gasteiger partial charge in [0, 0.05) is 0 Å². The van der Waals surface area contributed by atoms with Crippen LogP contribution >= 0.6 is 0 Å². The molecule has 7 aromatic rings. The molecule has 0 bridgehead atoms. The van der Waals surface area contributed by atoms with E-state index in [2.05, 4.69) is 15.0 Å². The van der Waals surface area contributed by atoms with Gasteiger partial charge in [0.2, 0.25) is 0 Å². The number of hydrogen-bond acceptors (Lipinski definition) is 11. The van der Waals surface area contributed by atoms with E-state index in [1.165, 1.54) is 17.2 Å². The summed E-state index contributed by atoms with van der Waals surface area (Å²) in [6.45, 7) is -0.637. The van der Waals surface area contributed by atoms with Crippen LogP contribution in [0.25, 0.3) is 11.2 Å². The molecule has 0 saturated carbocycles. The molecule has 13 nitrogen and oxygen atoms in total. The van der Waals surface area contributed by atoms with Crippen LogP contribution in [0, 0.1) is 0 Å². The summed E-state index contributed by atoms with van der Waals surface area (Å²) >= 11 is -0.756. The second kappa shape index (κ2) is 16.7. The summed E-state index contributed by atoms with van der Waals surface area (Å²) < 4.78 is 20.0. The molecule has 2 amide bonds. The number of fused-ring (bicyclic) bond motifs is 1. The molecule has 5 aromatic carbocycles. The zero-order valence-corrected chi connectivity index (χ0v) is 32.2. The second-order valence-electron chi connectivity index (χ2n) is 13.0. The minimum atomic E-state index is -1.61. The van der Waals surface area contributed by atoms with Gasteiger partial charge in [0.15, 0.2) is 0 Å². The number of esters is 2. The van der Waals surface area contributed by atoms with Crippen molar-refractivity contribution in [3.63, 3.8) is 0 Å². The van der Waals surface area contributed by atoms with Crippen molar-refractivity contribution in [2.75, 3.05) is 11.5 Å². The number of carbonyl (C=O) groups excluding carboxylic acids is 4. The molecule has 1 unspecified atom stereocenters. The fourth-order valence-corrected chi connectivity index (χ4v) is 9.10. The van der Waals surface area contributed by atoms with E-state index in [1.54, 1.807) is 121 Å². The van der Waals surface area contributed by atoms with E-state index in [0.29, 0.717) is 0 Å². The third-order valence-corrected chi connectivity index (χ3v) is 12.1. The Balaban J connectivity index is 1.27. The number of amides is 2. The van der Waals surface area contributed by atoms with Crippen LogP contribution in [0.15, 0.2) is 164 Å². The first-order valence-electron chi connectivity index (χ1n) is 18.1. The minimum absolute atomic E-state index is 0.0423. The topological polar surface area (TPSA) is 163 Å². The predicted octanol–water partition coefficient (Wildman–Crippen LogP) is 5.01. The maximum absolute atomic E-state index is 14.2. The Bertz CT molecular complexity index is 2510. The molecular formula is C44H33N5O8Se. The van der Waals surface area contributed by atoms with Crippen LogP contribution < -0.4 is 9.36 Å². The SMILES string of the molecule is O=C(O[C@H]1[C@H](n2cnc3c(N(C(=O)c4ccccc4)C(=O)c4ccccc4)ncnc32)OC(CO)([Se]c2ccccc2)[C@H]1OC(=O)c1ccccc1)c1ccccc1. The second-order valence-corrected chi connectivity index (χ2v) is 15.9. The number of nitrogens with zero attached hydrogens (tertiary/aromatic N) is 5. The third kappa shape index (κ3) is 7.52. The van der Waals surface area contributed by atoms with Crippen LogP contribution in [-0.4, -0.2) is 86.6 Å². The Morgan fingerprint density at radius 3 is 1.66 bits per heavy atom. The summed E-state index contributed by atoms with van der Waals surface area (Å²) in [5.74, 6) is -2.90. The van der Waals surface area contributed by atoms with Crippen molar-refractivity contribution in [3.05, 3.63) is 187 Å². The first kappa shape index (κ1) is 38.1. The van der Waals surface area contributed by atoms with Crippen LogP contribution in [0.1, 0.15) is 47.7 Å². The van der Waals surface area contributed by atoms with Gasteiger partial charge in [-0.1, -0.05) is 12.1 Å². The van der Waals surface area contributed by atoms with Crippen molar-refractivity contribution in [2.45, 2.75) is 22.9 Å². The van der Waals surface area contributed by atoms with E-state index in [9.17, 15) is 24.3 Å². The Morgan fingerprint density at radius 2 is 1.14 bits per heavy atom. The number of aliphatic hydroxyl groups is 1. The first-order valence-corrected chi connectivity index (χ1v) is 19.8. The molecule has 1 aliphatic rings. The molecule has 8 rings (SSSR count). The average Bonchev–Trinajstić information content (AvgIpc) is 3.84. The first-order chi connectivity index (χ1) is 28.4. The Labute approximate surface area is 338 Å². The van der Waals surface area contributed by atoms with Crippen LogP contribution in [-0.2, 0) is 14.2 Å². The van der Waals surface area contributed by atoms with E-state index in [0.717, 1.165) is 9.36 Å². The van der Waals surface area contributed by atoms with Gasteiger partial charge in [0.1, 0.15) is 0 Å². The molecule has 0 aliphatic carbocycles. The zero-order chi connectivity index (χ0) is 40.1. The van der Waals surface area contributed by atoms with Crippen molar-refractivity contribution in [1.29, 1.82) is 0 Å². The molecule has 4 atom stereocenters. The van der Waals surface area contributed by atoms with Crippen LogP contribution in [0.3, 0.4) is 0 Å². The van der Waals surface area contributed by atoms with Crippen LogP contribution in [0.5, 0.6) is 0 Å². The Kier molecular flexibility index (Phi) is 11.0. The maximum atomic E-state index is 14.2. The number of hydrogen-bond donors (Lipinski definition) is 1. The number of imide groups is 1. The van der Waals surface area contributed by atoms with Crippen LogP contribution in [0.4, 0.5) is 5.82 Å². The van der Waals surface area contributed by atoms with Gasteiger partial charge in [-0.05, 0) is 0 Å². The van der Waals surface area contributed by atoms with Crippen molar-refractivity contribution in [1.82, 2.24) is 19.5 Å². The Morgan fingerprint density at radius 1 is 0.655 bits per heavy atom. The van der Waals surface area contributed by atoms with Gasteiger partial charge in [-0.3, -0.25) is 0 Å². The molecule has 1 saturated heterocycles. The number of benzene rings is 5. The van der Waals surface area contributed by atoms with E-state index in [4.69, 9.17) is 14.2 Å². The van der Waals surface area contributed by atoms with E-state index in [-0.39, 0.29) is 39.2 Å². The molecular weight excluding hydrogens is 805 g/mol. The summed E-state index contributed by atoms with van der Waals surface area (Å²) in [4.78, 5) is 70.6. The van der Waals surface area contributed by atoms with Crippen molar-refractivity contribution >= 4 is 60.2 Å². The number of anilines is 1. The zero-order valence-electron chi connectivity index (χ0n) is 30.5. The average molecular weight is 839 g/mol. The van der Waals surface area contributed by atoms with Crippen LogP contribution in [0.2, 0.25) is 0 Å². The number of ether oxygens (including phenoxy) is 3. The van der Waals surface area contributed by atoms with Gasteiger partial charge in [0.05, 0.1) is 0 Å². The van der Waals surface area contributed by atoms with Crippen molar-refractivity contribution in [3.8, 4) is 0 Å². The molecule has 0 spiro atoms. The van der Waals surface area contributed by atoms with E-state index < -0.39 is 68.3 Å². The fourth-order valence-electron chi connectivity index (χ4n) is 6.58. The standard InChI is InChI=1S/C44H33N5O8Se/c50-26-44(58-33-24-14-5-15-25-33)36(56-43(54)32-22-12-4-13-23-32)35(55-42(53)31-20-10-3-11-21-31)41(57-44)48-28-47-34-37(48)45-27-46-38(34)49(39(51)29-16-6-1-7-17-29)40(52)30-18-8-2-9-19-30/h1-25,27-28,35-36,41,50H,26H2/t35-,36+,41-,44?/m1/s1. The quantitative estimate of drug-likeness (QED) is 0.106. The monoisotopic (exact) mass is 839 g/mol. The number of carbonyl (C=O) groups is 4. The van der Waals surface area contributed by atoms with Crippen molar-refractivity contribution in [2.24, 2.45) is 0 Å². The molecule has 288 valence electrons. The number of imidazole rings is 1. The normalized spacial score (nSPS) is 18.7. The summed E-state index contributed by atoms with van der Waals surface area (Å²) in [6, 6.07) is 42.4. The van der Waals surface area contributed by atoms with Gasteiger partial charge in [-0.15, -0.1) is 0 Å². The molecule has 14 heteroatoms. The third-order valence-electron chi connectivity index (χ3n) is 9.36. The summed E-state index contributed by atoms with van der Waals surface area (Å²) in [7, 11) is 0. The molecule has 3 heterocycles. The van der Waals surface area contributed by atoms with Gasteiger partial charge >= 0.3 is 327 Å². The van der Waals surface area contributed by atoms with Gasteiger partial charge in [0.25, 0.3) is 0 Å². The number of aromatic nitrogens is 4. The summed E-state index contributed by atoms with van der Waals surface area (Å²) in [5, 5.41) is 11.3. The molecule has 1 aliphatic heterocycles. The van der Waals surface area contributed by atoms with Crippen molar-refractivity contribution < 1.29 is 38.5 Å². The predicted molar refractivity (Wildman–Crippen MR) is 212 cm³/mol. The summed E-state index contributed by atoms with van der Waals surface area (Å²) in [6.07, 6.45) is -1.53. The van der Waals surface area contributed by atoms with Gasteiger partial charge in [-0.2, -0.15) is 0 Å².